The smallest absolute Gasteiger partial charge is 0.344 e. The van der Waals surface area contributed by atoms with Crippen molar-refractivity contribution in [2.45, 2.75) is 85.1 Å². The first kappa shape index (κ1) is 30.4. The molecule has 4 amide bonds. The maximum atomic E-state index is 13.3. The van der Waals surface area contributed by atoms with Crippen LogP contribution in [0, 0.1) is 11.8 Å². The van der Waals surface area contributed by atoms with Gasteiger partial charge in [-0.25, -0.2) is 0 Å². The van der Waals surface area contributed by atoms with E-state index in [1.165, 1.54) is 30.6 Å². The summed E-state index contributed by atoms with van der Waals surface area (Å²) in [7, 11) is 0. The fourth-order valence-electron chi connectivity index (χ4n) is 3.97. The Morgan fingerprint density at radius 3 is 2.03 bits per heavy atom. The molecule has 200 valence electrons. The standard InChI is InChI=1S/C23H37F3N4O5/c1-7-10-29(15(6)31)12-17(32)27-19(14(4)5)22(35)30-11-8-9-16(30)21(34)28-18(13(2)3)20(33)23(24,25)26/h13-14,16,18-19H,7-12H2,1-6H3,(H,27,32)(H,28,34)/t16-,18-,19-/m0/s1. The van der Waals surface area contributed by atoms with Gasteiger partial charge < -0.3 is 20.4 Å². The lowest BCUT2D eigenvalue weighted by atomic mass is 9.98. The van der Waals surface area contributed by atoms with Crippen molar-refractivity contribution in [3.63, 3.8) is 0 Å². The SMILES string of the molecule is CCCN(CC(=O)N[C@H](C(=O)N1CCC[C@H]1C(=O)N[C@H](C(=O)C(F)(F)F)C(C)C)C(C)C)C(C)=O. The molecule has 0 saturated carbocycles. The number of hydrogen-bond acceptors (Lipinski definition) is 5. The Balaban J connectivity index is 2.99. The normalized spacial score (nSPS) is 17.8. The van der Waals surface area contributed by atoms with E-state index in [0.717, 1.165) is 0 Å². The molecule has 35 heavy (non-hydrogen) atoms. The minimum Gasteiger partial charge on any atom is -0.344 e. The second-order valence-corrected chi connectivity index (χ2v) is 9.51. The number of hydrogen-bond donors (Lipinski definition) is 2. The van der Waals surface area contributed by atoms with E-state index < -0.39 is 53.7 Å². The van der Waals surface area contributed by atoms with Crippen LogP contribution in [0.4, 0.5) is 13.2 Å². The number of halogens is 3. The first-order valence-corrected chi connectivity index (χ1v) is 11.9. The number of nitrogens with one attached hydrogen (secondary N) is 2. The summed E-state index contributed by atoms with van der Waals surface area (Å²) in [4.78, 5) is 64.8. The predicted molar refractivity (Wildman–Crippen MR) is 122 cm³/mol. The summed E-state index contributed by atoms with van der Waals surface area (Å²) >= 11 is 0. The van der Waals surface area contributed by atoms with E-state index in [4.69, 9.17) is 0 Å². The maximum Gasteiger partial charge on any atom is 0.452 e. The van der Waals surface area contributed by atoms with Gasteiger partial charge in [-0.2, -0.15) is 13.2 Å². The summed E-state index contributed by atoms with van der Waals surface area (Å²) in [5, 5.41) is 4.81. The van der Waals surface area contributed by atoms with E-state index in [1.54, 1.807) is 13.8 Å². The molecule has 1 heterocycles. The Hall–Kier alpha value is -2.66. The second kappa shape index (κ2) is 12.9. The van der Waals surface area contributed by atoms with Crippen LogP contribution < -0.4 is 10.6 Å². The summed E-state index contributed by atoms with van der Waals surface area (Å²) in [6.07, 6.45) is -3.79. The third kappa shape index (κ3) is 8.50. The first-order chi connectivity index (χ1) is 16.1. The monoisotopic (exact) mass is 506 g/mol. The van der Waals surface area contributed by atoms with Crippen LogP contribution in [-0.4, -0.2) is 83.1 Å². The second-order valence-electron chi connectivity index (χ2n) is 9.51. The van der Waals surface area contributed by atoms with Gasteiger partial charge in [0.1, 0.15) is 12.1 Å². The predicted octanol–water partition coefficient (Wildman–Crippen LogP) is 1.65. The van der Waals surface area contributed by atoms with Crippen LogP contribution in [0.5, 0.6) is 0 Å². The highest BCUT2D eigenvalue weighted by Crippen LogP contribution is 2.24. The molecule has 1 rings (SSSR count). The van der Waals surface area contributed by atoms with Crippen molar-refractivity contribution in [3.05, 3.63) is 0 Å². The van der Waals surface area contributed by atoms with Crippen molar-refractivity contribution in [3.8, 4) is 0 Å². The molecule has 0 aromatic rings. The average Bonchev–Trinajstić information content (AvgIpc) is 3.23. The molecule has 0 aromatic carbocycles. The van der Waals surface area contributed by atoms with Gasteiger partial charge in [0.25, 0.3) is 5.78 Å². The average molecular weight is 507 g/mol. The Labute approximate surface area is 204 Å². The third-order valence-corrected chi connectivity index (χ3v) is 5.89. The van der Waals surface area contributed by atoms with Crippen LogP contribution in [-0.2, 0) is 24.0 Å². The van der Waals surface area contributed by atoms with E-state index >= 15 is 0 Å². The van der Waals surface area contributed by atoms with E-state index in [9.17, 15) is 37.1 Å². The van der Waals surface area contributed by atoms with E-state index in [-0.39, 0.29) is 31.3 Å². The first-order valence-electron chi connectivity index (χ1n) is 11.9. The third-order valence-electron chi connectivity index (χ3n) is 5.89. The highest BCUT2D eigenvalue weighted by Gasteiger charge is 2.46. The molecule has 2 N–H and O–H groups in total. The lowest BCUT2D eigenvalue weighted by Gasteiger charge is -2.32. The summed E-state index contributed by atoms with van der Waals surface area (Å²) < 4.78 is 38.9. The number of ketones is 1. The van der Waals surface area contributed by atoms with E-state index in [0.29, 0.717) is 19.4 Å². The Morgan fingerprint density at radius 1 is 1.00 bits per heavy atom. The number of amides is 4. The lowest BCUT2D eigenvalue weighted by Crippen LogP contribution is -2.58. The van der Waals surface area contributed by atoms with Crippen molar-refractivity contribution < 1.29 is 37.1 Å². The van der Waals surface area contributed by atoms with Crippen molar-refractivity contribution in [1.82, 2.24) is 20.4 Å². The van der Waals surface area contributed by atoms with Gasteiger partial charge >= 0.3 is 6.18 Å². The quantitative estimate of drug-likeness (QED) is 0.442. The number of Topliss-reactive ketones (excluding diaryl/α,β-unsaturated/α-hetero) is 1. The highest BCUT2D eigenvalue weighted by atomic mass is 19.4. The van der Waals surface area contributed by atoms with Crippen LogP contribution in [0.2, 0.25) is 0 Å². The highest BCUT2D eigenvalue weighted by molar-refractivity contribution is 5.96. The Bertz CT molecular complexity index is 801. The molecule has 9 nitrogen and oxygen atoms in total. The number of nitrogens with zero attached hydrogens (tertiary/aromatic N) is 2. The molecule has 1 fully saturated rings. The summed E-state index contributed by atoms with van der Waals surface area (Å²) in [6, 6.07) is -3.82. The van der Waals surface area contributed by atoms with Gasteiger partial charge in [0.05, 0.1) is 12.6 Å². The van der Waals surface area contributed by atoms with Gasteiger partial charge in [0.15, 0.2) is 0 Å². The molecule has 0 aliphatic carbocycles. The zero-order valence-electron chi connectivity index (χ0n) is 21.2. The van der Waals surface area contributed by atoms with Gasteiger partial charge in [-0.3, -0.25) is 24.0 Å². The fourth-order valence-corrected chi connectivity index (χ4v) is 3.97. The van der Waals surface area contributed by atoms with Crippen LogP contribution in [0.25, 0.3) is 0 Å². The van der Waals surface area contributed by atoms with Gasteiger partial charge in [0.2, 0.25) is 23.6 Å². The molecular weight excluding hydrogens is 469 g/mol. The number of likely N-dealkylation sites (tertiary alicyclic amines) is 1. The largest absolute Gasteiger partial charge is 0.452 e. The van der Waals surface area contributed by atoms with Crippen LogP contribution >= 0.6 is 0 Å². The molecule has 0 spiro atoms. The van der Waals surface area contributed by atoms with Crippen molar-refractivity contribution in [2.24, 2.45) is 11.8 Å². The summed E-state index contributed by atoms with van der Waals surface area (Å²) in [6.45, 7) is 9.74. The van der Waals surface area contributed by atoms with E-state index in [2.05, 4.69) is 10.6 Å². The van der Waals surface area contributed by atoms with Crippen LogP contribution in [0.15, 0.2) is 0 Å². The fraction of sp³-hybridized carbons (Fsp3) is 0.783. The number of carbonyl (C=O) groups is 5. The molecular formula is C23H37F3N4O5. The molecule has 1 saturated heterocycles. The topological polar surface area (TPSA) is 116 Å². The maximum absolute atomic E-state index is 13.3. The molecule has 0 radical (unpaired) electrons. The molecule has 1 aliphatic heterocycles. The van der Waals surface area contributed by atoms with Gasteiger partial charge in [0, 0.05) is 20.0 Å². The zero-order chi connectivity index (χ0) is 27.1. The van der Waals surface area contributed by atoms with Crippen molar-refractivity contribution >= 4 is 29.4 Å². The molecule has 12 heteroatoms. The molecule has 3 atom stereocenters. The minimum atomic E-state index is -5.11. The van der Waals surface area contributed by atoms with Gasteiger partial charge in [-0.05, 0) is 31.1 Å². The Kier molecular flexibility index (Phi) is 11.2. The summed E-state index contributed by atoms with van der Waals surface area (Å²) in [5.74, 6) is -5.41. The van der Waals surface area contributed by atoms with E-state index in [1.807, 2.05) is 6.92 Å². The zero-order valence-corrected chi connectivity index (χ0v) is 21.2. The molecule has 0 bridgehead atoms. The van der Waals surface area contributed by atoms with Crippen molar-refractivity contribution in [2.75, 3.05) is 19.6 Å². The lowest BCUT2D eigenvalue weighted by molar-refractivity contribution is -0.175. The van der Waals surface area contributed by atoms with Crippen molar-refractivity contribution in [1.29, 1.82) is 0 Å². The number of carbonyl (C=O) groups excluding carboxylic acids is 5. The molecule has 1 aliphatic rings. The number of rotatable bonds is 11. The number of alkyl halides is 3. The molecule has 0 unspecified atom stereocenters. The summed E-state index contributed by atoms with van der Waals surface area (Å²) in [5.41, 5.74) is 0. The van der Waals surface area contributed by atoms with Gasteiger partial charge in [-0.1, -0.05) is 34.6 Å². The van der Waals surface area contributed by atoms with Crippen LogP contribution in [0.1, 0.15) is 60.8 Å². The molecule has 0 aromatic heterocycles. The Morgan fingerprint density at radius 2 is 1.57 bits per heavy atom. The van der Waals surface area contributed by atoms with Crippen LogP contribution in [0.3, 0.4) is 0 Å². The van der Waals surface area contributed by atoms with Gasteiger partial charge in [-0.15, -0.1) is 0 Å². The minimum absolute atomic E-state index is 0.185.